The highest BCUT2D eigenvalue weighted by molar-refractivity contribution is 5.92. The summed E-state index contributed by atoms with van der Waals surface area (Å²) in [5.41, 5.74) is 1.21. The zero-order valence-corrected chi connectivity index (χ0v) is 11.9. The summed E-state index contributed by atoms with van der Waals surface area (Å²) < 4.78 is 12.8. The number of benzene rings is 1. The molecule has 5 nitrogen and oxygen atoms in total. The molecule has 1 amide bonds. The molecule has 1 aromatic heterocycles. The number of nitrogens with one attached hydrogen (secondary N) is 2. The summed E-state index contributed by atoms with van der Waals surface area (Å²) in [5, 5.41) is 5.68. The van der Waals surface area contributed by atoms with Gasteiger partial charge in [-0.3, -0.25) is 9.78 Å². The van der Waals surface area contributed by atoms with E-state index in [1.807, 2.05) is 6.92 Å². The van der Waals surface area contributed by atoms with Crippen molar-refractivity contribution in [1.29, 1.82) is 0 Å². The summed E-state index contributed by atoms with van der Waals surface area (Å²) >= 11 is 0. The third-order valence-corrected chi connectivity index (χ3v) is 2.96. The topological polar surface area (TPSA) is 66.9 Å². The van der Waals surface area contributed by atoms with Crippen LogP contribution in [0.5, 0.6) is 0 Å². The molecule has 1 unspecified atom stereocenters. The van der Waals surface area contributed by atoms with Gasteiger partial charge in [0, 0.05) is 13.1 Å². The second-order valence-corrected chi connectivity index (χ2v) is 4.74. The van der Waals surface area contributed by atoms with Crippen molar-refractivity contribution in [2.45, 2.75) is 19.4 Å². The second kappa shape index (κ2) is 6.78. The standard InChI is InChI=1S/C15H17FN4O/c1-10(7-11-3-5-12(16)6-4-11)19-15(21)13-8-18-9-14(17-2)20-13/h3-6,8-10H,7H2,1-2H3,(H,17,20)(H,19,21). The zero-order chi connectivity index (χ0) is 15.2. The molecular formula is C15H17FN4O. The van der Waals surface area contributed by atoms with Crippen molar-refractivity contribution >= 4 is 11.7 Å². The minimum atomic E-state index is -0.283. The second-order valence-electron chi connectivity index (χ2n) is 4.74. The Balaban J connectivity index is 1.96. The van der Waals surface area contributed by atoms with Crippen LogP contribution in [0.3, 0.4) is 0 Å². The van der Waals surface area contributed by atoms with E-state index in [1.54, 1.807) is 25.4 Å². The summed E-state index contributed by atoms with van der Waals surface area (Å²) in [4.78, 5) is 20.1. The lowest BCUT2D eigenvalue weighted by Crippen LogP contribution is -2.34. The molecule has 110 valence electrons. The Morgan fingerprint density at radius 2 is 2.00 bits per heavy atom. The van der Waals surface area contributed by atoms with E-state index >= 15 is 0 Å². The quantitative estimate of drug-likeness (QED) is 0.883. The van der Waals surface area contributed by atoms with Gasteiger partial charge >= 0.3 is 0 Å². The third kappa shape index (κ3) is 4.24. The van der Waals surface area contributed by atoms with Crippen LogP contribution < -0.4 is 10.6 Å². The molecule has 0 aliphatic heterocycles. The first-order valence-electron chi connectivity index (χ1n) is 6.63. The van der Waals surface area contributed by atoms with Crippen LogP contribution in [0, 0.1) is 5.82 Å². The third-order valence-electron chi connectivity index (χ3n) is 2.96. The summed E-state index contributed by atoms with van der Waals surface area (Å²) in [5.74, 6) is -0.0161. The molecule has 0 spiro atoms. The number of hydrogen-bond acceptors (Lipinski definition) is 4. The molecule has 6 heteroatoms. The molecule has 1 atom stereocenters. The van der Waals surface area contributed by atoms with Crippen LogP contribution in [0.15, 0.2) is 36.7 Å². The number of nitrogens with zero attached hydrogens (tertiary/aromatic N) is 2. The molecule has 0 saturated heterocycles. The predicted octanol–water partition coefficient (Wildman–Crippen LogP) is 2.02. The Morgan fingerprint density at radius 1 is 1.29 bits per heavy atom. The van der Waals surface area contributed by atoms with E-state index in [-0.39, 0.29) is 23.5 Å². The predicted molar refractivity (Wildman–Crippen MR) is 78.6 cm³/mol. The highest BCUT2D eigenvalue weighted by Gasteiger charge is 2.12. The molecular weight excluding hydrogens is 271 g/mol. The van der Waals surface area contributed by atoms with E-state index in [4.69, 9.17) is 0 Å². The molecule has 0 aliphatic carbocycles. The van der Waals surface area contributed by atoms with Gasteiger partial charge < -0.3 is 10.6 Å². The molecule has 0 saturated carbocycles. The van der Waals surface area contributed by atoms with Gasteiger partial charge in [-0.05, 0) is 31.0 Å². The summed E-state index contributed by atoms with van der Waals surface area (Å²) in [6.07, 6.45) is 3.57. The highest BCUT2D eigenvalue weighted by Crippen LogP contribution is 2.07. The van der Waals surface area contributed by atoms with Crippen LogP contribution in [0.1, 0.15) is 23.0 Å². The molecule has 0 radical (unpaired) electrons. The maximum atomic E-state index is 12.8. The maximum absolute atomic E-state index is 12.8. The lowest BCUT2D eigenvalue weighted by molar-refractivity contribution is 0.0935. The van der Waals surface area contributed by atoms with Gasteiger partial charge in [0.2, 0.25) is 0 Å². The fourth-order valence-corrected chi connectivity index (χ4v) is 1.92. The van der Waals surface area contributed by atoms with Gasteiger partial charge in [-0.15, -0.1) is 0 Å². The van der Waals surface area contributed by atoms with E-state index in [9.17, 15) is 9.18 Å². The smallest absolute Gasteiger partial charge is 0.271 e. The largest absolute Gasteiger partial charge is 0.372 e. The van der Waals surface area contributed by atoms with Gasteiger partial charge in [0.05, 0.1) is 12.4 Å². The van der Waals surface area contributed by atoms with Gasteiger partial charge in [0.25, 0.3) is 5.91 Å². The number of carbonyl (C=O) groups is 1. The van der Waals surface area contributed by atoms with Crippen LogP contribution in [0.4, 0.5) is 10.2 Å². The van der Waals surface area contributed by atoms with Gasteiger partial charge in [-0.25, -0.2) is 9.37 Å². The molecule has 1 heterocycles. The van der Waals surface area contributed by atoms with Crippen molar-refractivity contribution < 1.29 is 9.18 Å². The van der Waals surface area contributed by atoms with E-state index in [0.29, 0.717) is 12.2 Å². The van der Waals surface area contributed by atoms with Crippen molar-refractivity contribution in [1.82, 2.24) is 15.3 Å². The van der Waals surface area contributed by atoms with E-state index in [0.717, 1.165) is 5.56 Å². The first-order valence-corrected chi connectivity index (χ1v) is 6.63. The monoisotopic (exact) mass is 288 g/mol. The highest BCUT2D eigenvalue weighted by atomic mass is 19.1. The van der Waals surface area contributed by atoms with Crippen LogP contribution in [0.2, 0.25) is 0 Å². The van der Waals surface area contributed by atoms with Gasteiger partial charge in [0.15, 0.2) is 0 Å². The summed E-state index contributed by atoms with van der Waals surface area (Å²) in [6.45, 7) is 1.89. The Bertz CT molecular complexity index is 615. The van der Waals surface area contributed by atoms with Gasteiger partial charge in [-0.2, -0.15) is 0 Å². The molecule has 0 bridgehead atoms. The summed E-state index contributed by atoms with van der Waals surface area (Å²) in [6, 6.07) is 6.14. The number of aromatic nitrogens is 2. The zero-order valence-electron chi connectivity index (χ0n) is 11.9. The minimum Gasteiger partial charge on any atom is -0.372 e. The number of halogens is 1. The van der Waals surface area contributed by atoms with Crippen molar-refractivity contribution in [3.8, 4) is 0 Å². The minimum absolute atomic E-state index is 0.0944. The Morgan fingerprint density at radius 3 is 2.67 bits per heavy atom. The van der Waals surface area contributed by atoms with Crippen LogP contribution in [0.25, 0.3) is 0 Å². The van der Waals surface area contributed by atoms with Crippen LogP contribution in [-0.4, -0.2) is 29.0 Å². The molecule has 1 aromatic carbocycles. The average molecular weight is 288 g/mol. The number of hydrogen-bond donors (Lipinski definition) is 2. The normalized spacial score (nSPS) is 11.8. The van der Waals surface area contributed by atoms with Crippen molar-refractivity contribution in [2.75, 3.05) is 12.4 Å². The molecule has 2 aromatic rings. The van der Waals surface area contributed by atoms with E-state index < -0.39 is 0 Å². The van der Waals surface area contributed by atoms with Crippen molar-refractivity contribution in [2.24, 2.45) is 0 Å². The number of anilines is 1. The van der Waals surface area contributed by atoms with Crippen LogP contribution >= 0.6 is 0 Å². The van der Waals surface area contributed by atoms with Crippen LogP contribution in [-0.2, 0) is 6.42 Å². The molecule has 21 heavy (non-hydrogen) atoms. The number of carbonyl (C=O) groups excluding carboxylic acids is 1. The molecule has 2 N–H and O–H groups in total. The first kappa shape index (κ1) is 14.9. The van der Waals surface area contributed by atoms with E-state index in [2.05, 4.69) is 20.6 Å². The Hall–Kier alpha value is -2.50. The lowest BCUT2D eigenvalue weighted by atomic mass is 10.1. The SMILES string of the molecule is CNc1cncc(C(=O)NC(C)Cc2ccc(F)cc2)n1. The lowest BCUT2D eigenvalue weighted by Gasteiger charge is -2.13. The Labute approximate surface area is 122 Å². The number of amides is 1. The summed E-state index contributed by atoms with van der Waals surface area (Å²) in [7, 11) is 1.71. The fraction of sp³-hybridized carbons (Fsp3) is 0.267. The Kier molecular flexibility index (Phi) is 4.81. The molecule has 2 rings (SSSR count). The fourth-order valence-electron chi connectivity index (χ4n) is 1.92. The van der Waals surface area contributed by atoms with E-state index in [1.165, 1.54) is 18.3 Å². The van der Waals surface area contributed by atoms with Crippen molar-refractivity contribution in [3.05, 3.63) is 53.7 Å². The number of rotatable bonds is 5. The van der Waals surface area contributed by atoms with Crippen molar-refractivity contribution in [3.63, 3.8) is 0 Å². The van der Waals surface area contributed by atoms with Gasteiger partial charge in [0.1, 0.15) is 17.3 Å². The average Bonchev–Trinajstić information content (AvgIpc) is 2.49. The molecule has 0 fully saturated rings. The molecule has 0 aliphatic rings. The maximum Gasteiger partial charge on any atom is 0.271 e. The van der Waals surface area contributed by atoms with Gasteiger partial charge in [-0.1, -0.05) is 12.1 Å². The first-order chi connectivity index (χ1) is 10.1.